The van der Waals surface area contributed by atoms with Gasteiger partial charge in [0.05, 0.1) is 5.69 Å². The molecule has 0 atom stereocenters. The van der Waals surface area contributed by atoms with E-state index < -0.39 is 0 Å². The van der Waals surface area contributed by atoms with Crippen molar-refractivity contribution in [2.45, 2.75) is 39.3 Å². The molecular weight excluding hydrogens is 312 g/mol. The van der Waals surface area contributed by atoms with Gasteiger partial charge in [-0.15, -0.1) is 0 Å². The number of carbonyl (C=O) groups excluding carboxylic acids is 1. The van der Waals surface area contributed by atoms with Gasteiger partial charge in [-0.25, -0.2) is 4.98 Å². The minimum absolute atomic E-state index is 0.0501. The van der Waals surface area contributed by atoms with Crippen molar-refractivity contribution >= 4 is 5.91 Å². The lowest BCUT2D eigenvalue weighted by Crippen LogP contribution is -2.31. The number of carbonyl (C=O) groups is 1. The molecule has 1 aliphatic heterocycles. The molecule has 0 fully saturated rings. The highest BCUT2D eigenvalue weighted by atomic mass is 16.2. The Balaban J connectivity index is 1.74. The van der Waals surface area contributed by atoms with Crippen LogP contribution in [-0.2, 0) is 26.6 Å². The first kappa shape index (κ1) is 17.7. The molecule has 134 valence electrons. The zero-order chi connectivity index (χ0) is 18.1. The Morgan fingerprint density at radius 2 is 2.08 bits per heavy atom. The molecule has 3 rings (SSSR count). The zero-order valence-corrected chi connectivity index (χ0v) is 15.9. The van der Waals surface area contributed by atoms with Gasteiger partial charge >= 0.3 is 0 Å². The predicted molar refractivity (Wildman–Crippen MR) is 99.6 cm³/mol. The van der Waals surface area contributed by atoms with Crippen molar-refractivity contribution in [2.75, 3.05) is 20.6 Å². The molecule has 0 aliphatic carbocycles. The quantitative estimate of drug-likeness (QED) is 0.859. The van der Waals surface area contributed by atoms with Gasteiger partial charge in [0.2, 0.25) is 0 Å². The molecule has 2 aromatic rings. The van der Waals surface area contributed by atoms with Crippen LogP contribution in [0, 0.1) is 0 Å². The third-order valence-electron chi connectivity index (χ3n) is 4.87. The monoisotopic (exact) mass is 340 g/mol. The standard InChI is InChI=1S/C20H28N4O/c1-14(2)19-21-17-13-24(10-9-18(17)23(19)5)12-15-7-6-8-16(11-15)20(25)22(3)4/h6-8,11,14H,9-10,12-13H2,1-5H3. The second kappa shape index (κ2) is 7.00. The summed E-state index contributed by atoms with van der Waals surface area (Å²) >= 11 is 0. The van der Waals surface area contributed by atoms with Crippen LogP contribution >= 0.6 is 0 Å². The number of benzene rings is 1. The summed E-state index contributed by atoms with van der Waals surface area (Å²) in [5, 5.41) is 0. The molecule has 0 saturated heterocycles. The van der Waals surface area contributed by atoms with Gasteiger partial charge in [-0.3, -0.25) is 9.69 Å². The van der Waals surface area contributed by atoms with E-state index in [1.165, 1.54) is 22.8 Å². The third-order valence-corrected chi connectivity index (χ3v) is 4.87. The highest BCUT2D eigenvalue weighted by molar-refractivity contribution is 5.94. The van der Waals surface area contributed by atoms with Crippen molar-refractivity contribution in [2.24, 2.45) is 7.05 Å². The van der Waals surface area contributed by atoms with Gasteiger partial charge in [0.15, 0.2) is 0 Å². The molecule has 1 aromatic heterocycles. The molecule has 0 bridgehead atoms. The molecule has 0 N–H and O–H groups in total. The molecule has 1 aromatic carbocycles. The number of rotatable bonds is 4. The third kappa shape index (κ3) is 3.61. The number of amides is 1. The van der Waals surface area contributed by atoms with Crippen LogP contribution in [0.5, 0.6) is 0 Å². The maximum absolute atomic E-state index is 12.2. The summed E-state index contributed by atoms with van der Waals surface area (Å²) in [5.74, 6) is 1.66. The fourth-order valence-electron chi connectivity index (χ4n) is 3.57. The van der Waals surface area contributed by atoms with Crippen LogP contribution in [0.3, 0.4) is 0 Å². The van der Waals surface area contributed by atoms with Crippen LogP contribution in [0.4, 0.5) is 0 Å². The maximum Gasteiger partial charge on any atom is 0.253 e. The molecule has 0 spiro atoms. The SMILES string of the molecule is CC(C)c1nc2c(n1C)CCN(Cc1cccc(C(=O)N(C)C)c1)C2. The van der Waals surface area contributed by atoms with Gasteiger partial charge in [0.25, 0.3) is 5.91 Å². The van der Waals surface area contributed by atoms with E-state index >= 15 is 0 Å². The summed E-state index contributed by atoms with van der Waals surface area (Å²) in [4.78, 5) is 21.1. The van der Waals surface area contributed by atoms with E-state index in [1.54, 1.807) is 19.0 Å². The number of aromatic nitrogens is 2. The van der Waals surface area contributed by atoms with E-state index in [0.29, 0.717) is 5.92 Å². The first-order chi connectivity index (χ1) is 11.9. The molecule has 2 heterocycles. The average molecular weight is 340 g/mol. The van der Waals surface area contributed by atoms with E-state index in [-0.39, 0.29) is 5.91 Å². The van der Waals surface area contributed by atoms with Gasteiger partial charge in [-0.05, 0) is 17.7 Å². The second-order valence-corrected chi connectivity index (χ2v) is 7.44. The Morgan fingerprint density at radius 1 is 1.32 bits per heavy atom. The lowest BCUT2D eigenvalue weighted by atomic mass is 10.1. The molecule has 5 heteroatoms. The Bertz CT molecular complexity index is 776. The van der Waals surface area contributed by atoms with Gasteiger partial charge in [0.1, 0.15) is 5.82 Å². The fraction of sp³-hybridized carbons (Fsp3) is 0.500. The van der Waals surface area contributed by atoms with Crippen molar-refractivity contribution in [3.63, 3.8) is 0 Å². The first-order valence-electron chi connectivity index (χ1n) is 8.94. The lowest BCUT2D eigenvalue weighted by Gasteiger charge is -2.26. The summed E-state index contributed by atoms with van der Waals surface area (Å²) in [6.45, 7) is 7.14. The zero-order valence-electron chi connectivity index (χ0n) is 15.9. The maximum atomic E-state index is 12.2. The van der Waals surface area contributed by atoms with E-state index in [9.17, 15) is 4.79 Å². The van der Waals surface area contributed by atoms with Crippen molar-refractivity contribution < 1.29 is 4.79 Å². The molecule has 1 amide bonds. The van der Waals surface area contributed by atoms with E-state index in [1.807, 2.05) is 18.2 Å². The van der Waals surface area contributed by atoms with Crippen LogP contribution in [0.15, 0.2) is 24.3 Å². The Labute approximate surface area is 150 Å². The van der Waals surface area contributed by atoms with Crippen LogP contribution < -0.4 is 0 Å². The second-order valence-electron chi connectivity index (χ2n) is 7.44. The predicted octanol–water partition coefficient (Wildman–Crippen LogP) is 2.80. The van der Waals surface area contributed by atoms with Crippen LogP contribution in [0.2, 0.25) is 0 Å². The first-order valence-corrected chi connectivity index (χ1v) is 8.94. The molecule has 25 heavy (non-hydrogen) atoms. The van der Waals surface area contributed by atoms with Crippen LogP contribution in [0.25, 0.3) is 0 Å². The number of imidazole rings is 1. The normalized spacial score (nSPS) is 14.6. The number of fused-ring (bicyclic) bond motifs is 1. The van der Waals surface area contributed by atoms with Crippen molar-refractivity contribution in [1.29, 1.82) is 0 Å². The molecular formula is C20H28N4O. The summed E-state index contributed by atoms with van der Waals surface area (Å²) in [5.41, 5.74) is 4.51. The van der Waals surface area contributed by atoms with Crippen LogP contribution in [-0.4, -0.2) is 45.9 Å². The van der Waals surface area contributed by atoms with E-state index in [2.05, 4.69) is 36.4 Å². The van der Waals surface area contributed by atoms with Gasteiger partial charge < -0.3 is 9.47 Å². The van der Waals surface area contributed by atoms with Gasteiger partial charge in [0, 0.05) is 64.4 Å². The number of hydrogen-bond acceptors (Lipinski definition) is 3. The lowest BCUT2D eigenvalue weighted by molar-refractivity contribution is 0.0827. The summed E-state index contributed by atoms with van der Waals surface area (Å²) in [7, 11) is 5.70. The number of hydrogen-bond donors (Lipinski definition) is 0. The molecule has 0 unspecified atom stereocenters. The van der Waals surface area contributed by atoms with Crippen molar-refractivity contribution in [3.8, 4) is 0 Å². The largest absolute Gasteiger partial charge is 0.345 e. The Kier molecular flexibility index (Phi) is 4.95. The smallest absolute Gasteiger partial charge is 0.253 e. The highest BCUT2D eigenvalue weighted by Gasteiger charge is 2.23. The van der Waals surface area contributed by atoms with E-state index in [0.717, 1.165) is 31.6 Å². The molecule has 0 saturated carbocycles. The molecule has 0 radical (unpaired) electrons. The average Bonchev–Trinajstić information content (AvgIpc) is 2.91. The van der Waals surface area contributed by atoms with Crippen LogP contribution in [0.1, 0.15) is 52.9 Å². The summed E-state index contributed by atoms with van der Waals surface area (Å²) < 4.78 is 2.27. The minimum atomic E-state index is 0.0501. The number of nitrogens with zero attached hydrogens (tertiary/aromatic N) is 4. The van der Waals surface area contributed by atoms with Crippen molar-refractivity contribution in [3.05, 3.63) is 52.6 Å². The Morgan fingerprint density at radius 3 is 2.76 bits per heavy atom. The molecule has 5 nitrogen and oxygen atoms in total. The topological polar surface area (TPSA) is 41.4 Å². The molecule has 1 aliphatic rings. The van der Waals surface area contributed by atoms with E-state index in [4.69, 9.17) is 4.98 Å². The highest BCUT2D eigenvalue weighted by Crippen LogP contribution is 2.24. The van der Waals surface area contributed by atoms with Gasteiger partial charge in [-0.2, -0.15) is 0 Å². The minimum Gasteiger partial charge on any atom is -0.345 e. The fourth-order valence-corrected chi connectivity index (χ4v) is 3.57. The summed E-state index contributed by atoms with van der Waals surface area (Å²) in [6.07, 6.45) is 1.03. The van der Waals surface area contributed by atoms with Crippen molar-refractivity contribution in [1.82, 2.24) is 19.4 Å². The van der Waals surface area contributed by atoms with Gasteiger partial charge in [-0.1, -0.05) is 26.0 Å². The Hall–Kier alpha value is -2.14. The summed E-state index contributed by atoms with van der Waals surface area (Å²) in [6, 6.07) is 7.96.